The number of aryl methyl sites for hydroxylation is 3. The Morgan fingerprint density at radius 1 is 1.29 bits per heavy atom. The lowest BCUT2D eigenvalue weighted by atomic mass is 9.98. The van der Waals surface area contributed by atoms with Crippen molar-refractivity contribution in [3.05, 3.63) is 51.0 Å². The molecular weight excluding hydrogens is 230 g/mol. The molecule has 1 aromatic carbocycles. The molecule has 3 nitrogen and oxygen atoms in total. The molecule has 0 spiro atoms. The van der Waals surface area contributed by atoms with E-state index in [0.29, 0.717) is 0 Å². The standard InChI is InChI=1S/C13H17N3S/c1-8-4-5-9(2)11(6-8)13(16-14)12-7-15-10(3)17-12/h4-7,13,16H,14H2,1-3H3. The number of aromatic nitrogens is 1. The third kappa shape index (κ3) is 2.54. The molecule has 1 atom stereocenters. The number of nitrogens with one attached hydrogen (secondary N) is 1. The molecule has 2 rings (SSSR count). The first kappa shape index (κ1) is 12.2. The Morgan fingerprint density at radius 3 is 2.65 bits per heavy atom. The van der Waals surface area contributed by atoms with Crippen LogP contribution in [0, 0.1) is 20.8 Å². The molecule has 2 aromatic rings. The Kier molecular flexibility index (Phi) is 3.57. The van der Waals surface area contributed by atoms with Gasteiger partial charge in [0.15, 0.2) is 0 Å². The largest absolute Gasteiger partial charge is 0.271 e. The van der Waals surface area contributed by atoms with E-state index >= 15 is 0 Å². The SMILES string of the molecule is Cc1ccc(C)c(C(NN)c2cnc(C)s2)c1. The first-order chi connectivity index (χ1) is 8.11. The molecule has 0 bridgehead atoms. The Labute approximate surface area is 106 Å². The Morgan fingerprint density at radius 2 is 2.06 bits per heavy atom. The van der Waals surface area contributed by atoms with Gasteiger partial charge in [-0.15, -0.1) is 11.3 Å². The van der Waals surface area contributed by atoms with Crippen LogP contribution in [0.5, 0.6) is 0 Å². The van der Waals surface area contributed by atoms with E-state index < -0.39 is 0 Å². The fourth-order valence-corrected chi connectivity index (χ4v) is 2.77. The summed E-state index contributed by atoms with van der Waals surface area (Å²) < 4.78 is 0. The van der Waals surface area contributed by atoms with Crippen molar-refractivity contribution in [1.29, 1.82) is 0 Å². The monoisotopic (exact) mass is 247 g/mol. The van der Waals surface area contributed by atoms with Crippen molar-refractivity contribution in [2.45, 2.75) is 26.8 Å². The van der Waals surface area contributed by atoms with Gasteiger partial charge in [-0.2, -0.15) is 0 Å². The summed E-state index contributed by atoms with van der Waals surface area (Å²) in [5, 5.41) is 1.06. The van der Waals surface area contributed by atoms with Crippen LogP contribution in [-0.2, 0) is 0 Å². The molecule has 4 heteroatoms. The lowest BCUT2D eigenvalue weighted by molar-refractivity contribution is 0.641. The van der Waals surface area contributed by atoms with Crippen molar-refractivity contribution in [3.63, 3.8) is 0 Å². The Bertz CT molecular complexity index is 519. The summed E-state index contributed by atoms with van der Waals surface area (Å²) in [6.45, 7) is 6.20. The number of benzene rings is 1. The summed E-state index contributed by atoms with van der Waals surface area (Å²) in [6.07, 6.45) is 1.90. The average Bonchev–Trinajstić information content (AvgIpc) is 2.71. The highest BCUT2D eigenvalue weighted by Crippen LogP contribution is 2.28. The quantitative estimate of drug-likeness (QED) is 0.647. The van der Waals surface area contributed by atoms with Gasteiger partial charge in [0.25, 0.3) is 0 Å². The van der Waals surface area contributed by atoms with Crippen LogP contribution in [0.1, 0.15) is 32.6 Å². The fourth-order valence-electron chi connectivity index (χ4n) is 1.91. The average molecular weight is 247 g/mol. The van der Waals surface area contributed by atoms with Crippen LogP contribution in [0.15, 0.2) is 24.4 Å². The maximum atomic E-state index is 5.69. The van der Waals surface area contributed by atoms with E-state index in [4.69, 9.17) is 5.84 Å². The lowest BCUT2D eigenvalue weighted by Gasteiger charge is -2.17. The fraction of sp³-hybridized carbons (Fsp3) is 0.308. The second-order valence-corrected chi connectivity index (χ2v) is 5.51. The van der Waals surface area contributed by atoms with Gasteiger partial charge in [-0.25, -0.2) is 10.4 Å². The van der Waals surface area contributed by atoms with Crippen molar-refractivity contribution < 1.29 is 0 Å². The minimum atomic E-state index is 0.0288. The number of hydrogen-bond acceptors (Lipinski definition) is 4. The molecule has 0 fully saturated rings. The second kappa shape index (κ2) is 4.96. The van der Waals surface area contributed by atoms with Crippen molar-refractivity contribution in [2.24, 2.45) is 5.84 Å². The molecule has 0 saturated carbocycles. The van der Waals surface area contributed by atoms with Gasteiger partial charge in [0.05, 0.1) is 11.0 Å². The molecular formula is C13H17N3S. The topological polar surface area (TPSA) is 50.9 Å². The van der Waals surface area contributed by atoms with E-state index in [2.05, 4.69) is 42.5 Å². The van der Waals surface area contributed by atoms with Gasteiger partial charge >= 0.3 is 0 Å². The summed E-state index contributed by atoms with van der Waals surface area (Å²) >= 11 is 1.68. The zero-order valence-corrected chi connectivity index (χ0v) is 11.1. The summed E-state index contributed by atoms with van der Waals surface area (Å²) in [5.41, 5.74) is 6.59. The molecule has 1 aromatic heterocycles. The molecule has 0 saturated heterocycles. The van der Waals surface area contributed by atoms with Crippen LogP contribution in [0.25, 0.3) is 0 Å². The minimum Gasteiger partial charge on any atom is -0.271 e. The Hall–Kier alpha value is -1.23. The molecule has 0 aliphatic rings. The van der Waals surface area contributed by atoms with Gasteiger partial charge in [0.1, 0.15) is 0 Å². The smallest absolute Gasteiger partial charge is 0.0897 e. The van der Waals surface area contributed by atoms with Crippen molar-refractivity contribution >= 4 is 11.3 Å². The predicted octanol–water partition coefficient (Wildman–Crippen LogP) is 2.62. The highest BCUT2D eigenvalue weighted by molar-refractivity contribution is 7.11. The van der Waals surface area contributed by atoms with Crippen molar-refractivity contribution in [2.75, 3.05) is 0 Å². The normalized spacial score (nSPS) is 12.7. The first-order valence-electron chi connectivity index (χ1n) is 5.57. The van der Waals surface area contributed by atoms with E-state index in [1.807, 2.05) is 13.1 Å². The molecule has 1 unspecified atom stereocenters. The van der Waals surface area contributed by atoms with Crippen LogP contribution >= 0.6 is 11.3 Å². The number of nitrogens with zero attached hydrogens (tertiary/aromatic N) is 1. The van der Waals surface area contributed by atoms with Gasteiger partial charge in [-0.05, 0) is 31.9 Å². The Balaban J connectivity index is 2.45. The highest BCUT2D eigenvalue weighted by atomic mass is 32.1. The van der Waals surface area contributed by atoms with Gasteiger partial charge in [0.2, 0.25) is 0 Å². The number of hydrogen-bond donors (Lipinski definition) is 2. The van der Waals surface area contributed by atoms with Crippen LogP contribution in [-0.4, -0.2) is 4.98 Å². The molecule has 1 heterocycles. The van der Waals surface area contributed by atoms with E-state index in [0.717, 1.165) is 9.88 Å². The van der Waals surface area contributed by atoms with Gasteiger partial charge in [-0.3, -0.25) is 5.84 Å². The zero-order valence-electron chi connectivity index (χ0n) is 10.3. The molecule has 0 aliphatic heterocycles. The van der Waals surface area contributed by atoms with Crippen LogP contribution < -0.4 is 11.3 Å². The van der Waals surface area contributed by atoms with Gasteiger partial charge < -0.3 is 0 Å². The van der Waals surface area contributed by atoms with E-state index in [-0.39, 0.29) is 6.04 Å². The van der Waals surface area contributed by atoms with E-state index in [9.17, 15) is 0 Å². The summed E-state index contributed by atoms with van der Waals surface area (Å²) in [6, 6.07) is 6.45. The van der Waals surface area contributed by atoms with Gasteiger partial charge in [0, 0.05) is 11.1 Å². The third-order valence-electron chi connectivity index (χ3n) is 2.84. The molecule has 0 radical (unpaired) electrons. The first-order valence-corrected chi connectivity index (χ1v) is 6.39. The van der Waals surface area contributed by atoms with E-state index in [1.54, 1.807) is 11.3 Å². The van der Waals surface area contributed by atoms with Crippen molar-refractivity contribution in [1.82, 2.24) is 10.4 Å². The third-order valence-corrected chi connectivity index (χ3v) is 3.81. The molecule has 0 aliphatic carbocycles. The summed E-state index contributed by atoms with van der Waals surface area (Å²) in [4.78, 5) is 5.44. The number of hydrazine groups is 1. The highest BCUT2D eigenvalue weighted by Gasteiger charge is 2.16. The molecule has 0 amide bonds. The molecule has 17 heavy (non-hydrogen) atoms. The maximum absolute atomic E-state index is 5.69. The molecule has 3 N–H and O–H groups in total. The number of rotatable bonds is 3. The van der Waals surface area contributed by atoms with Crippen LogP contribution in [0.2, 0.25) is 0 Å². The van der Waals surface area contributed by atoms with Crippen LogP contribution in [0.4, 0.5) is 0 Å². The minimum absolute atomic E-state index is 0.0288. The number of nitrogens with two attached hydrogens (primary N) is 1. The zero-order chi connectivity index (χ0) is 12.4. The number of thiazole rings is 1. The molecule has 90 valence electrons. The van der Waals surface area contributed by atoms with Gasteiger partial charge in [-0.1, -0.05) is 23.8 Å². The summed E-state index contributed by atoms with van der Waals surface area (Å²) in [7, 11) is 0. The van der Waals surface area contributed by atoms with E-state index in [1.165, 1.54) is 16.7 Å². The lowest BCUT2D eigenvalue weighted by Crippen LogP contribution is -2.28. The predicted molar refractivity (Wildman–Crippen MR) is 71.9 cm³/mol. The second-order valence-electron chi connectivity index (χ2n) is 4.24. The summed E-state index contributed by atoms with van der Waals surface area (Å²) in [5.74, 6) is 5.69. The maximum Gasteiger partial charge on any atom is 0.0897 e. The van der Waals surface area contributed by atoms with Crippen LogP contribution in [0.3, 0.4) is 0 Å². The van der Waals surface area contributed by atoms with Crippen molar-refractivity contribution in [3.8, 4) is 0 Å².